The number of nitrogens with zero attached hydrogens (tertiary/aromatic N) is 4. The van der Waals surface area contributed by atoms with Gasteiger partial charge in [0.15, 0.2) is 5.65 Å². The summed E-state index contributed by atoms with van der Waals surface area (Å²) in [6.07, 6.45) is 1.55. The van der Waals surface area contributed by atoms with Gasteiger partial charge in [-0.3, -0.25) is 14.3 Å². The van der Waals surface area contributed by atoms with E-state index in [0.717, 1.165) is 5.56 Å². The number of amides is 2. The standard InChI is InChI=1S/C28H25N5O3/c1-19-26-23(16-24(20-10-5-3-6-11-20)30-27(26)32(2)31-19)28(35)33(17-22-14-9-15-36-22)18-25(34)29-21-12-7-4-8-13-21/h3-16H,17-18H2,1-2H3,(H,29,34). The minimum Gasteiger partial charge on any atom is -0.467 e. The maximum absolute atomic E-state index is 14.1. The van der Waals surface area contributed by atoms with Crippen LogP contribution in [0.2, 0.25) is 0 Å². The van der Waals surface area contributed by atoms with Crippen LogP contribution in [-0.2, 0) is 18.4 Å². The first-order valence-corrected chi connectivity index (χ1v) is 11.6. The number of carbonyl (C=O) groups excluding carboxylic acids is 2. The Hall–Kier alpha value is -4.72. The van der Waals surface area contributed by atoms with Crippen LogP contribution in [0.25, 0.3) is 22.3 Å². The molecular formula is C28H25N5O3. The van der Waals surface area contributed by atoms with Crippen LogP contribution < -0.4 is 5.32 Å². The lowest BCUT2D eigenvalue weighted by molar-refractivity contribution is -0.117. The molecule has 0 spiro atoms. The van der Waals surface area contributed by atoms with Gasteiger partial charge in [0.1, 0.15) is 12.3 Å². The van der Waals surface area contributed by atoms with Gasteiger partial charge in [0.25, 0.3) is 5.91 Å². The van der Waals surface area contributed by atoms with Gasteiger partial charge in [-0.1, -0.05) is 48.5 Å². The van der Waals surface area contributed by atoms with Gasteiger partial charge in [0, 0.05) is 18.3 Å². The molecule has 5 aromatic rings. The molecule has 8 heteroatoms. The van der Waals surface area contributed by atoms with E-state index >= 15 is 0 Å². The second kappa shape index (κ2) is 9.87. The second-order valence-electron chi connectivity index (χ2n) is 8.48. The highest BCUT2D eigenvalue weighted by molar-refractivity contribution is 6.08. The van der Waals surface area contributed by atoms with E-state index in [2.05, 4.69) is 10.4 Å². The molecule has 0 unspecified atom stereocenters. The van der Waals surface area contributed by atoms with Crippen LogP contribution >= 0.6 is 0 Å². The minimum atomic E-state index is -0.310. The predicted molar refractivity (Wildman–Crippen MR) is 137 cm³/mol. The van der Waals surface area contributed by atoms with E-state index in [9.17, 15) is 9.59 Å². The highest BCUT2D eigenvalue weighted by Crippen LogP contribution is 2.28. The van der Waals surface area contributed by atoms with Crippen LogP contribution in [0.15, 0.2) is 89.5 Å². The van der Waals surface area contributed by atoms with Crippen molar-refractivity contribution in [1.29, 1.82) is 0 Å². The van der Waals surface area contributed by atoms with Gasteiger partial charge in [-0.2, -0.15) is 5.10 Å². The summed E-state index contributed by atoms with van der Waals surface area (Å²) in [6, 6.07) is 24.1. The zero-order valence-corrected chi connectivity index (χ0v) is 20.0. The van der Waals surface area contributed by atoms with Crippen molar-refractivity contribution >= 4 is 28.5 Å². The fraction of sp³-hybridized carbons (Fsp3) is 0.143. The van der Waals surface area contributed by atoms with E-state index in [1.54, 1.807) is 48.3 Å². The Balaban J connectivity index is 1.55. The smallest absolute Gasteiger partial charge is 0.255 e. The third-order valence-electron chi connectivity index (χ3n) is 5.87. The molecule has 0 saturated heterocycles. The van der Waals surface area contributed by atoms with E-state index < -0.39 is 0 Å². The number of hydrogen-bond acceptors (Lipinski definition) is 5. The van der Waals surface area contributed by atoms with Crippen molar-refractivity contribution in [2.75, 3.05) is 11.9 Å². The summed E-state index contributed by atoms with van der Waals surface area (Å²) in [7, 11) is 1.80. The normalized spacial score (nSPS) is 10.9. The van der Waals surface area contributed by atoms with Gasteiger partial charge in [-0.25, -0.2) is 4.98 Å². The molecule has 0 bridgehead atoms. The Bertz CT molecular complexity index is 1510. The molecule has 1 N–H and O–H groups in total. The summed E-state index contributed by atoms with van der Waals surface area (Å²) < 4.78 is 7.18. The van der Waals surface area contributed by atoms with Crippen LogP contribution in [0.3, 0.4) is 0 Å². The molecule has 0 aliphatic rings. The molecule has 0 saturated carbocycles. The maximum Gasteiger partial charge on any atom is 0.255 e. The van der Waals surface area contributed by atoms with Crippen LogP contribution in [-0.4, -0.2) is 38.0 Å². The quantitative estimate of drug-likeness (QED) is 0.361. The maximum atomic E-state index is 14.1. The van der Waals surface area contributed by atoms with Gasteiger partial charge in [0.2, 0.25) is 5.91 Å². The summed E-state index contributed by atoms with van der Waals surface area (Å²) in [4.78, 5) is 33.3. The average molecular weight is 480 g/mol. The fourth-order valence-corrected chi connectivity index (χ4v) is 4.23. The number of benzene rings is 2. The Labute approximate surface area is 208 Å². The molecular weight excluding hydrogens is 454 g/mol. The number of carbonyl (C=O) groups is 2. The molecule has 36 heavy (non-hydrogen) atoms. The van der Waals surface area contributed by atoms with Crippen molar-refractivity contribution in [3.05, 3.63) is 102 Å². The second-order valence-corrected chi connectivity index (χ2v) is 8.48. The largest absolute Gasteiger partial charge is 0.467 e. The molecule has 3 aromatic heterocycles. The van der Waals surface area contributed by atoms with Crippen LogP contribution in [0.1, 0.15) is 21.8 Å². The SMILES string of the molecule is Cc1nn(C)c2nc(-c3ccccc3)cc(C(=O)N(CC(=O)Nc3ccccc3)Cc3ccco3)c12. The summed E-state index contributed by atoms with van der Waals surface area (Å²) >= 11 is 0. The summed E-state index contributed by atoms with van der Waals surface area (Å²) in [5.41, 5.74) is 3.92. The number of hydrogen-bond donors (Lipinski definition) is 1. The Morgan fingerprint density at radius 1 is 1.00 bits per heavy atom. The molecule has 0 radical (unpaired) electrons. The van der Waals surface area contributed by atoms with E-state index in [1.807, 2.05) is 55.5 Å². The van der Waals surface area contributed by atoms with Crippen molar-refractivity contribution in [3.63, 3.8) is 0 Å². The van der Waals surface area contributed by atoms with Gasteiger partial charge < -0.3 is 14.6 Å². The van der Waals surface area contributed by atoms with E-state index in [0.29, 0.717) is 39.4 Å². The Morgan fingerprint density at radius 2 is 1.72 bits per heavy atom. The number of fused-ring (bicyclic) bond motifs is 1. The fourth-order valence-electron chi connectivity index (χ4n) is 4.23. The monoisotopic (exact) mass is 479 g/mol. The first-order chi connectivity index (χ1) is 17.5. The highest BCUT2D eigenvalue weighted by Gasteiger charge is 2.26. The summed E-state index contributed by atoms with van der Waals surface area (Å²) in [6.45, 7) is 1.83. The molecule has 8 nitrogen and oxygen atoms in total. The number of aryl methyl sites for hydroxylation is 2. The molecule has 0 fully saturated rings. The molecule has 0 atom stereocenters. The van der Waals surface area contributed by atoms with Crippen LogP contribution in [0.5, 0.6) is 0 Å². The van der Waals surface area contributed by atoms with Gasteiger partial charge >= 0.3 is 0 Å². The first kappa shape index (κ1) is 23.0. The van der Waals surface area contributed by atoms with Gasteiger partial charge in [-0.05, 0) is 37.3 Å². The lowest BCUT2D eigenvalue weighted by Crippen LogP contribution is -2.37. The predicted octanol–water partition coefficient (Wildman–Crippen LogP) is 4.82. The van der Waals surface area contributed by atoms with Crippen molar-refractivity contribution in [2.24, 2.45) is 7.05 Å². The van der Waals surface area contributed by atoms with Crippen molar-refractivity contribution in [1.82, 2.24) is 19.7 Å². The molecule has 0 aliphatic heterocycles. The lowest BCUT2D eigenvalue weighted by atomic mass is 10.0. The molecule has 5 rings (SSSR count). The zero-order chi connectivity index (χ0) is 25.1. The van der Waals surface area contributed by atoms with Gasteiger partial charge in [0.05, 0.1) is 35.1 Å². The highest BCUT2D eigenvalue weighted by atomic mass is 16.3. The number of pyridine rings is 1. The number of para-hydroxylation sites is 1. The van der Waals surface area contributed by atoms with Crippen molar-refractivity contribution in [3.8, 4) is 11.3 Å². The molecule has 3 heterocycles. The molecule has 2 amide bonds. The summed E-state index contributed by atoms with van der Waals surface area (Å²) in [5.74, 6) is -0.0414. The summed E-state index contributed by atoms with van der Waals surface area (Å²) in [5, 5.41) is 8.02. The Kier molecular flexibility index (Phi) is 6.32. The van der Waals surface area contributed by atoms with Crippen LogP contribution in [0, 0.1) is 6.92 Å². The lowest BCUT2D eigenvalue weighted by Gasteiger charge is -2.22. The third-order valence-corrected chi connectivity index (χ3v) is 5.87. The van der Waals surface area contributed by atoms with E-state index in [-0.39, 0.29) is 24.9 Å². The number of rotatable bonds is 7. The topological polar surface area (TPSA) is 93.3 Å². The first-order valence-electron chi connectivity index (χ1n) is 11.6. The zero-order valence-electron chi connectivity index (χ0n) is 20.0. The van der Waals surface area contributed by atoms with Crippen LogP contribution in [0.4, 0.5) is 5.69 Å². The number of aromatic nitrogens is 3. The van der Waals surface area contributed by atoms with Gasteiger partial charge in [-0.15, -0.1) is 0 Å². The average Bonchev–Trinajstić information content (AvgIpc) is 3.51. The number of anilines is 1. The number of nitrogens with one attached hydrogen (secondary N) is 1. The molecule has 2 aromatic carbocycles. The molecule has 180 valence electrons. The van der Waals surface area contributed by atoms with E-state index in [1.165, 1.54) is 4.90 Å². The minimum absolute atomic E-state index is 0.137. The molecule has 0 aliphatic carbocycles. The van der Waals surface area contributed by atoms with E-state index in [4.69, 9.17) is 9.40 Å². The number of furan rings is 1. The Morgan fingerprint density at radius 3 is 2.42 bits per heavy atom. The third kappa shape index (κ3) is 4.74. The van der Waals surface area contributed by atoms with Crippen molar-refractivity contribution in [2.45, 2.75) is 13.5 Å². The van der Waals surface area contributed by atoms with Crippen molar-refractivity contribution < 1.29 is 14.0 Å².